The van der Waals surface area contributed by atoms with Gasteiger partial charge in [0.1, 0.15) is 6.07 Å². The normalized spacial score (nSPS) is 16.2. The second-order valence-corrected chi connectivity index (χ2v) is 5.82. The molecule has 0 aliphatic carbocycles. The Bertz CT molecular complexity index is 438. The third kappa shape index (κ3) is 3.81. The summed E-state index contributed by atoms with van der Waals surface area (Å²) in [5, 5.41) is 12.6. The van der Waals surface area contributed by atoms with Crippen molar-refractivity contribution in [3.05, 3.63) is 28.8 Å². The minimum atomic E-state index is 0.511. The average molecular weight is 282 g/mol. The number of benzene rings is 1. The molecule has 1 aliphatic heterocycles. The summed E-state index contributed by atoms with van der Waals surface area (Å²) in [7, 11) is 0. The molecule has 1 aromatic rings. The lowest BCUT2D eigenvalue weighted by atomic mass is 10.2. The molecule has 0 atom stereocenters. The lowest BCUT2D eigenvalue weighted by Gasteiger charge is -2.26. The van der Waals surface area contributed by atoms with E-state index in [-0.39, 0.29) is 0 Å². The van der Waals surface area contributed by atoms with Crippen molar-refractivity contribution < 1.29 is 0 Å². The van der Waals surface area contributed by atoms with Crippen LogP contribution in [0.4, 0.5) is 5.69 Å². The summed E-state index contributed by atoms with van der Waals surface area (Å²) in [5.41, 5.74) is 1.50. The van der Waals surface area contributed by atoms with Gasteiger partial charge in [0.05, 0.1) is 10.6 Å². The lowest BCUT2D eigenvalue weighted by molar-refractivity contribution is 0.314. The van der Waals surface area contributed by atoms with Crippen molar-refractivity contribution in [2.24, 2.45) is 0 Å². The zero-order chi connectivity index (χ0) is 12.8. The molecule has 0 unspecified atom stereocenters. The van der Waals surface area contributed by atoms with Gasteiger partial charge in [-0.3, -0.25) is 4.90 Å². The van der Waals surface area contributed by atoms with E-state index in [2.05, 4.69) is 16.3 Å². The highest BCUT2D eigenvalue weighted by molar-refractivity contribution is 7.99. The Kier molecular flexibility index (Phi) is 5.18. The van der Waals surface area contributed by atoms with Crippen LogP contribution in [0.1, 0.15) is 5.56 Å². The molecular formula is C13H16ClN3S. The van der Waals surface area contributed by atoms with E-state index in [1.165, 1.54) is 24.6 Å². The third-order valence-corrected chi connectivity index (χ3v) is 4.21. The van der Waals surface area contributed by atoms with Crippen LogP contribution in [0, 0.1) is 11.3 Å². The van der Waals surface area contributed by atoms with E-state index in [4.69, 9.17) is 16.9 Å². The summed E-state index contributed by atoms with van der Waals surface area (Å²) in [6, 6.07) is 7.52. The fourth-order valence-corrected chi connectivity index (χ4v) is 3.10. The molecule has 0 radical (unpaired) electrons. The number of thioether (sulfide) groups is 1. The molecule has 1 N–H and O–H groups in total. The minimum Gasteiger partial charge on any atom is -0.384 e. The van der Waals surface area contributed by atoms with E-state index in [1.54, 1.807) is 6.07 Å². The van der Waals surface area contributed by atoms with Crippen LogP contribution in [0.2, 0.25) is 5.02 Å². The van der Waals surface area contributed by atoms with Crippen LogP contribution >= 0.6 is 23.4 Å². The highest BCUT2D eigenvalue weighted by Crippen LogP contribution is 2.20. The van der Waals surface area contributed by atoms with Crippen molar-refractivity contribution in [1.29, 1.82) is 5.26 Å². The first-order valence-corrected chi connectivity index (χ1v) is 7.56. The van der Waals surface area contributed by atoms with Crippen LogP contribution < -0.4 is 5.32 Å². The first-order chi connectivity index (χ1) is 8.79. The smallest absolute Gasteiger partial charge is 0.101 e. The molecule has 0 saturated carbocycles. The van der Waals surface area contributed by atoms with Crippen LogP contribution in [-0.2, 0) is 0 Å². The summed E-state index contributed by atoms with van der Waals surface area (Å²) in [4.78, 5) is 2.47. The van der Waals surface area contributed by atoms with Gasteiger partial charge < -0.3 is 5.32 Å². The van der Waals surface area contributed by atoms with E-state index in [0.29, 0.717) is 10.6 Å². The van der Waals surface area contributed by atoms with E-state index in [1.807, 2.05) is 23.9 Å². The van der Waals surface area contributed by atoms with E-state index in [9.17, 15) is 0 Å². The number of nitrogens with zero attached hydrogens (tertiary/aromatic N) is 2. The van der Waals surface area contributed by atoms with Crippen molar-refractivity contribution in [3.8, 4) is 6.07 Å². The van der Waals surface area contributed by atoms with Crippen LogP contribution in [0.3, 0.4) is 0 Å². The zero-order valence-electron chi connectivity index (χ0n) is 10.2. The topological polar surface area (TPSA) is 39.1 Å². The second-order valence-electron chi connectivity index (χ2n) is 4.19. The Morgan fingerprint density at radius 1 is 1.39 bits per heavy atom. The van der Waals surface area contributed by atoms with Crippen molar-refractivity contribution >= 4 is 29.1 Å². The monoisotopic (exact) mass is 281 g/mol. The molecule has 0 bridgehead atoms. The Balaban J connectivity index is 1.79. The molecule has 0 amide bonds. The predicted molar refractivity (Wildman–Crippen MR) is 78.4 cm³/mol. The Morgan fingerprint density at radius 2 is 2.17 bits per heavy atom. The minimum absolute atomic E-state index is 0.511. The SMILES string of the molecule is N#Cc1ccc(NCCN2CCSCC2)cc1Cl. The maximum atomic E-state index is 8.79. The summed E-state index contributed by atoms with van der Waals surface area (Å²) in [6.07, 6.45) is 0. The van der Waals surface area contributed by atoms with Gasteiger partial charge in [-0.15, -0.1) is 0 Å². The number of halogens is 1. The van der Waals surface area contributed by atoms with Gasteiger partial charge in [0.15, 0.2) is 0 Å². The maximum absolute atomic E-state index is 8.79. The number of anilines is 1. The number of hydrogen-bond donors (Lipinski definition) is 1. The highest BCUT2D eigenvalue weighted by Gasteiger charge is 2.09. The fraction of sp³-hybridized carbons (Fsp3) is 0.462. The van der Waals surface area contributed by atoms with Gasteiger partial charge in [-0.05, 0) is 18.2 Å². The van der Waals surface area contributed by atoms with Gasteiger partial charge in [0.25, 0.3) is 0 Å². The number of rotatable bonds is 4. The molecule has 2 rings (SSSR count). The molecule has 96 valence electrons. The van der Waals surface area contributed by atoms with E-state index >= 15 is 0 Å². The molecule has 1 aromatic carbocycles. The maximum Gasteiger partial charge on any atom is 0.101 e. The molecule has 1 heterocycles. The second kappa shape index (κ2) is 6.89. The van der Waals surface area contributed by atoms with Crippen molar-refractivity contribution in [2.45, 2.75) is 0 Å². The molecule has 18 heavy (non-hydrogen) atoms. The molecule has 0 spiro atoms. The first kappa shape index (κ1) is 13.5. The van der Waals surface area contributed by atoms with Crippen LogP contribution in [0.15, 0.2) is 18.2 Å². The molecule has 1 saturated heterocycles. The molecule has 3 nitrogen and oxygen atoms in total. The lowest BCUT2D eigenvalue weighted by Crippen LogP contribution is -2.36. The largest absolute Gasteiger partial charge is 0.384 e. The molecule has 0 aromatic heterocycles. The van der Waals surface area contributed by atoms with Crippen molar-refractivity contribution in [2.75, 3.05) is 43.0 Å². The summed E-state index contributed by atoms with van der Waals surface area (Å²) >= 11 is 8.01. The van der Waals surface area contributed by atoms with Gasteiger partial charge in [0, 0.05) is 43.4 Å². The summed E-state index contributed by atoms with van der Waals surface area (Å²) in [6.45, 7) is 4.33. The summed E-state index contributed by atoms with van der Waals surface area (Å²) in [5.74, 6) is 2.48. The van der Waals surface area contributed by atoms with Crippen molar-refractivity contribution in [1.82, 2.24) is 4.90 Å². The van der Waals surface area contributed by atoms with Gasteiger partial charge >= 0.3 is 0 Å². The van der Waals surface area contributed by atoms with Crippen LogP contribution in [0.25, 0.3) is 0 Å². The number of nitrogens with one attached hydrogen (secondary N) is 1. The van der Waals surface area contributed by atoms with Crippen LogP contribution in [-0.4, -0.2) is 42.6 Å². The molecule has 1 aliphatic rings. The Morgan fingerprint density at radius 3 is 2.83 bits per heavy atom. The van der Waals surface area contributed by atoms with Gasteiger partial charge in [-0.25, -0.2) is 0 Å². The number of nitriles is 1. The summed E-state index contributed by atoms with van der Waals surface area (Å²) < 4.78 is 0. The quantitative estimate of drug-likeness (QED) is 0.921. The fourth-order valence-electron chi connectivity index (χ4n) is 1.90. The standard InChI is InChI=1S/C13H16ClN3S/c14-13-9-12(2-1-11(13)10-15)16-3-4-17-5-7-18-8-6-17/h1-2,9,16H,3-8H2. The third-order valence-electron chi connectivity index (χ3n) is 2.95. The first-order valence-electron chi connectivity index (χ1n) is 6.03. The number of hydrogen-bond acceptors (Lipinski definition) is 4. The Hall–Kier alpha value is -0.890. The average Bonchev–Trinajstić information content (AvgIpc) is 2.40. The van der Waals surface area contributed by atoms with E-state index < -0.39 is 0 Å². The van der Waals surface area contributed by atoms with Crippen molar-refractivity contribution in [3.63, 3.8) is 0 Å². The van der Waals surface area contributed by atoms with Gasteiger partial charge in [0.2, 0.25) is 0 Å². The highest BCUT2D eigenvalue weighted by atomic mass is 35.5. The van der Waals surface area contributed by atoms with E-state index in [0.717, 1.165) is 18.8 Å². The van der Waals surface area contributed by atoms with Crippen LogP contribution in [0.5, 0.6) is 0 Å². The van der Waals surface area contributed by atoms with Gasteiger partial charge in [-0.1, -0.05) is 11.6 Å². The zero-order valence-corrected chi connectivity index (χ0v) is 11.7. The predicted octanol–water partition coefficient (Wildman–Crippen LogP) is 2.67. The van der Waals surface area contributed by atoms with Gasteiger partial charge in [-0.2, -0.15) is 17.0 Å². The molecular weight excluding hydrogens is 266 g/mol. The molecule has 5 heteroatoms. The molecule has 1 fully saturated rings. The Labute approximate surface area is 117 Å².